The third-order valence-corrected chi connectivity index (χ3v) is 7.36. The number of benzene rings is 3. The first kappa shape index (κ1) is 31.7. The van der Waals surface area contributed by atoms with E-state index in [0.717, 1.165) is 50.5 Å². The molecule has 1 aliphatic heterocycles. The van der Waals surface area contributed by atoms with E-state index in [1.54, 1.807) is 43.8 Å². The molecule has 10 nitrogen and oxygen atoms in total. The lowest BCUT2D eigenvalue weighted by molar-refractivity contribution is -0.120. The average molecular weight is 616 g/mol. The lowest BCUT2D eigenvalue weighted by Crippen LogP contribution is -2.37. The molecule has 1 amide bonds. The quantitative estimate of drug-likeness (QED) is 0.127. The zero-order valence-corrected chi connectivity index (χ0v) is 25.8. The van der Waals surface area contributed by atoms with E-state index in [4.69, 9.17) is 18.9 Å². The van der Waals surface area contributed by atoms with E-state index in [1.165, 1.54) is 12.1 Å². The summed E-state index contributed by atoms with van der Waals surface area (Å²) in [4.78, 5) is 21.2. The predicted octanol–water partition coefficient (Wildman–Crippen LogP) is 5.03. The van der Waals surface area contributed by atoms with E-state index in [-0.39, 0.29) is 18.1 Å². The monoisotopic (exact) mass is 615 g/mol. The molecule has 1 aromatic heterocycles. The Morgan fingerprint density at radius 3 is 2.58 bits per heavy atom. The first-order valence-electron chi connectivity index (χ1n) is 14.8. The Kier molecular flexibility index (Phi) is 10.8. The number of pyridine rings is 1. The van der Waals surface area contributed by atoms with Gasteiger partial charge in [-0.05, 0) is 53.9 Å². The van der Waals surface area contributed by atoms with Crippen molar-refractivity contribution in [1.29, 1.82) is 0 Å². The van der Waals surface area contributed by atoms with Crippen molar-refractivity contribution in [2.24, 2.45) is 5.10 Å². The van der Waals surface area contributed by atoms with Gasteiger partial charge in [0, 0.05) is 57.1 Å². The van der Waals surface area contributed by atoms with Crippen LogP contribution in [0.3, 0.4) is 0 Å². The van der Waals surface area contributed by atoms with Crippen molar-refractivity contribution in [3.05, 3.63) is 83.8 Å². The molecule has 1 fully saturated rings. The van der Waals surface area contributed by atoms with Crippen LogP contribution in [0.2, 0.25) is 0 Å². The summed E-state index contributed by atoms with van der Waals surface area (Å²) in [6, 6.07) is 17.4. The molecule has 1 saturated heterocycles. The van der Waals surface area contributed by atoms with E-state index in [2.05, 4.69) is 20.4 Å². The van der Waals surface area contributed by atoms with Gasteiger partial charge in [-0.1, -0.05) is 18.2 Å². The molecule has 2 heterocycles. The first-order chi connectivity index (χ1) is 21.9. The van der Waals surface area contributed by atoms with Crippen LogP contribution in [-0.4, -0.2) is 82.7 Å². The number of nitrogens with zero attached hydrogens (tertiary/aromatic N) is 4. The first-order valence-corrected chi connectivity index (χ1v) is 14.8. The standard InChI is InChI=1S/C34H38FN5O5/c1-39(2)26-8-5-24(6-9-26)23-37-38-34(41)20-25-7-10-31(28(35)19-25)45-30-11-12-36-29-22-33(32(42-3)21-27(29)30)44-16-4-13-40-14-17-43-18-15-40/h5-12,19,21-23H,4,13-18,20H2,1-3H3,(H,38,41)/b37-23+. The van der Waals surface area contributed by atoms with E-state index in [9.17, 15) is 4.79 Å². The third kappa shape index (κ3) is 8.68. The molecule has 4 aromatic rings. The maximum atomic E-state index is 15.1. The van der Waals surface area contributed by atoms with Gasteiger partial charge in [-0.25, -0.2) is 9.82 Å². The fourth-order valence-corrected chi connectivity index (χ4v) is 4.90. The molecule has 0 radical (unpaired) electrons. The number of anilines is 1. The number of amides is 1. The van der Waals surface area contributed by atoms with Crippen LogP contribution in [0, 0.1) is 5.82 Å². The van der Waals surface area contributed by atoms with Crippen LogP contribution in [-0.2, 0) is 16.0 Å². The Morgan fingerprint density at radius 2 is 1.84 bits per heavy atom. The number of carbonyl (C=O) groups excluding carboxylic acids is 1. The van der Waals surface area contributed by atoms with Gasteiger partial charge in [0.15, 0.2) is 23.1 Å². The Bertz CT molecular complexity index is 1620. The number of nitrogens with one attached hydrogen (secondary N) is 1. The fraction of sp³-hybridized carbons (Fsp3) is 0.324. The van der Waals surface area contributed by atoms with Crippen molar-refractivity contribution in [3.63, 3.8) is 0 Å². The summed E-state index contributed by atoms with van der Waals surface area (Å²) >= 11 is 0. The van der Waals surface area contributed by atoms with Gasteiger partial charge in [0.2, 0.25) is 5.91 Å². The van der Waals surface area contributed by atoms with Gasteiger partial charge < -0.3 is 23.8 Å². The van der Waals surface area contributed by atoms with Crippen molar-refractivity contribution < 1.29 is 28.1 Å². The molecule has 1 N–H and O–H groups in total. The maximum Gasteiger partial charge on any atom is 0.244 e. The Labute approximate surface area is 262 Å². The number of fused-ring (bicyclic) bond motifs is 1. The van der Waals surface area contributed by atoms with Crippen molar-refractivity contribution >= 4 is 28.7 Å². The van der Waals surface area contributed by atoms with Gasteiger partial charge in [0.05, 0.1) is 45.1 Å². The molecule has 11 heteroatoms. The number of ether oxygens (including phenoxy) is 4. The minimum atomic E-state index is -0.595. The van der Waals surface area contributed by atoms with Gasteiger partial charge in [0.1, 0.15) is 5.75 Å². The van der Waals surface area contributed by atoms with Gasteiger partial charge in [-0.15, -0.1) is 0 Å². The second-order valence-corrected chi connectivity index (χ2v) is 10.8. The number of hydrogen-bond donors (Lipinski definition) is 1. The maximum absolute atomic E-state index is 15.1. The lowest BCUT2D eigenvalue weighted by atomic mass is 10.1. The van der Waals surface area contributed by atoms with E-state index in [0.29, 0.717) is 40.3 Å². The normalized spacial score (nSPS) is 13.6. The molecule has 5 rings (SSSR count). The Hall–Kier alpha value is -4.74. The van der Waals surface area contributed by atoms with Gasteiger partial charge in [0.25, 0.3) is 0 Å². The van der Waals surface area contributed by atoms with Gasteiger partial charge in [-0.2, -0.15) is 5.10 Å². The summed E-state index contributed by atoms with van der Waals surface area (Å²) in [5.74, 6) is 0.582. The van der Waals surface area contributed by atoms with Gasteiger partial charge in [-0.3, -0.25) is 14.7 Å². The highest BCUT2D eigenvalue weighted by Crippen LogP contribution is 2.37. The topological polar surface area (TPSA) is 97.8 Å². The van der Waals surface area contributed by atoms with E-state index in [1.807, 2.05) is 43.3 Å². The highest BCUT2D eigenvalue weighted by Gasteiger charge is 2.15. The van der Waals surface area contributed by atoms with Crippen LogP contribution in [0.5, 0.6) is 23.0 Å². The SMILES string of the molecule is COc1cc2c(Oc3ccc(CC(=O)N/N=C/c4ccc(N(C)C)cc4)cc3F)ccnc2cc1OCCCN1CCOCC1. The van der Waals surface area contributed by atoms with Crippen molar-refractivity contribution in [3.8, 4) is 23.0 Å². The molecule has 3 aromatic carbocycles. The minimum absolute atomic E-state index is 0.0215. The van der Waals surface area contributed by atoms with Gasteiger partial charge >= 0.3 is 0 Å². The second-order valence-electron chi connectivity index (χ2n) is 10.8. The van der Waals surface area contributed by atoms with Crippen molar-refractivity contribution in [2.45, 2.75) is 12.8 Å². The molecule has 0 saturated carbocycles. The van der Waals surface area contributed by atoms with Crippen LogP contribution >= 0.6 is 0 Å². The molecule has 0 spiro atoms. The molecule has 1 aliphatic rings. The number of hydrazone groups is 1. The summed E-state index contributed by atoms with van der Waals surface area (Å²) in [5.41, 5.74) is 5.51. The smallest absolute Gasteiger partial charge is 0.244 e. The summed E-state index contributed by atoms with van der Waals surface area (Å²) in [6.07, 6.45) is 3.98. The molecule has 0 aliphatic carbocycles. The van der Waals surface area contributed by atoms with Crippen molar-refractivity contribution in [1.82, 2.24) is 15.3 Å². The number of morpholine rings is 1. The molecular formula is C34H38FN5O5. The summed E-state index contributed by atoms with van der Waals surface area (Å²) in [5, 5.41) is 4.66. The number of rotatable bonds is 13. The highest BCUT2D eigenvalue weighted by atomic mass is 19.1. The largest absolute Gasteiger partial charge is 0.493 e. The summed E-state index contributed by atoms with van der Waals surface area (Å²) in [6.45, 7) is 4.88. The molecule has 0 bridgehead atoms. The average Bonchev–Trinajstić information content (AvgIpc) is 3.05. The molecular weight excluding hydrogens is 577 g/mol. The Balaban J connectivity index is 1.19. The van der Waals surface area contributed by atoms with E-state index < -0.39 is 5.82 Å². The zero-order chi connectivity index (χ0) is 31.6. The Morgan fingerprint density at radius 1 is 1.04 bits per heavy atom. The zero-order valence-electron chi connectivity index (χ0n) is 25.8. The van der Waals surface area contributed by atoms with Crippen LogP contribution in [0.1, 0.15) is 17.5 Å². The minimum Gasteiger partial charge on any atom is -0.493 e. The summed E-state index contributed by atoms with van der Waals surface area (Å²) in [7, 11) is 5.50. The summed E-state index contributed by atoms with van der Waals surface area (Å²) < 4.78 is 38.1. The molecule has 0 atom stereocenters. The molecule has 236 valence electrons. The number of aromatic nitrogens is 1. The number of hydrogen-bond acceptors (Lipinski definition) is 9. The fourth-order valence-electron chi connectivity index (χ4n) is 4.90. The lowest BCUT2D eigenvalue weighted by Gasteiger charge is -2.26. The van der Waals surface area contributed by atoms with Crippen LogP contribution in [0.15, 0.2) is 72.0 Å². The predicted molar refractivity (Wildman–Crippen MR) is 172 cm³/mol. The highest BCUT2D eigenvalue weighted by molar-refractivity contribution is 5.88. The second kappa shape index (κ2) is 15.3. The van der Waals surface area contributed by atoms with Crippen LogP contribution in [0.4, 0.5) is 10.1 Å². The number of halogens is 1. The number of carbonyl (C=O) groups is 1. The van der Waals surface area contributed by atoms with Crippen LogP contribution in [0.25, 0.3) is 10.9 Å². The van der Waals surface area contributed by atoms with Crippen LogP contribution < -0.4 is 24.5 Å². The number of methoxy groups -OCH3 is 1. The molecule has 45 heavy (non-hydrogen) atoms. The molecule has 0 unspecified atom stereocenters. The third-order valence-electron chi connectivity index (χ3n) is 7.36. The van der Waals surface area contributed by atoms with Crippen molar-refractivity contribution in [2.75, 3.05) is 65.6 Å². The van der Waals surface area contributed by atoms with E-state index >= 15 is 4.39 Å².